The molecule has 0 heterocycles. The lowest BCUT2D eigenvalue weighted by Crippen LogP contribution is -2.43. The van der Waals surface area contributed by atoms with Crippen LogP contribution in [0.1, 0.15) is 40.5 Å². The number of carbonyl (C=O) groups is 1. The number of likely N-dealkylation sites (N-methyl/N-ethyl adjacent to an activating group) is 1. The highest BCUT2D eigenvalue weighted by Crippen LogP contribution is 2.11. The van der Waals surface area contributed by atoms with Gasteiger partial charge < -0.3 is 10.2 Å². The van der Waals surface area contributed by atoms with Crippen LogP contribution in [-0.4, -0.2) is 37.0 Å². The zero-order valence-corrected chi connectivity index (χ0v) is 10.8. The van der Waals surface area contributed by atoms with Crippen LogP contribution in [0.5, 0.6) is 0 Å². The minimum atomic E-state index is 0.161. The molecule has 0 spiro atoms. The van der Waals surface area contributed by atoms with Gasteiger partial charge in [0.1, 0.15) is 0 Å². The molecule has 1 unspecified atom stereocenters. The standard InChI is InChI=1S/C12H26N2O/c1-6-7-11(4)12(15)14(10(2)3)9-8-13-5/h10-11,13H,6-9H2,1-5H3. The Kier molecular flexibility index (Phi) is 7.39. The van der Waals surface area contributed by atoms with Crippen molar-refractivity contribution in [2.75, 3.05) is 20.1 Å². The summed E-state index contributed by atoms with van der Waals surface area (Å²) in [6, 6.07) is 0.296. The van der Waals surface area contributed by atoms with Gasteiger partial charge in [-0.1, -0.05) is 20.3 Å². The van der Waals surface area contributed by atoms with E-state index in [2.05, 4.69) is 26.1 Å². The molecule has 0 aliphatic rings. The summed E-state index contributed by atoms with van der Waals surface area (Å²) in [6.07, 6.45) is 2.06. The Bertz CT molecular complexity index is 180. The summed E-state index contributed by atoms with van der Waals surface area (Å²) in [4.78, 5) is 14.0. The summed E-state index contributed by atoms with van der Waals surface area (Å²) in [7, 11) is 1.92. The number of amides is 1. The third-order valence-electron chi connectivity index (χ3n) is 2.65. The summed E-state index contributed by atoms with van der Waals surface area (Å²) >= 11 is 0. The summed E-state index contributed by atoms with van der Waals surface area (Å²) < 4.78 is 0. The molecular weight excluding hydrogens is 188 g/mol. The smallest absolute Gasteiger partial charge is 0.225 e. The van der Waals surface area contributed by atoms with E-state index in [9.17, 15) is 4.79 Å². The van der Waals surface area contributed by atoms with Gasteiger partial charge in [0.05, 0.1) is 0 Å². The number of nitrogens with one attached hydrogen (secondary N) is 1. The number of nitrogens with zero attached hydrogens (tertiary/aromatic N) is 1. The van der Waals surface area contributed by atoms with Crippen molar-refractivity contribution in [3.63, 3.8) is 0 Å². The maximum atomic E-state index is 12.1. The predicted molar refractivity (Wildman–Crippen MR) is 64.8 cm³/mol. The van der Waals surface area contributed by atoms with Gasteiger partial charge in [-0.3, -0.25) is 4.79 Å². The van der Waals surface area contributed by atoms with E-state index in [-0.39, 0.29) is 5.92 Å². The van der Waals surface area contributed by atoms with Gasteiger partial charge >= 0.3 is 0 Å². The number of rotatable bonds is 7. The Labute approximate surface area is 94.2 Å². The molecule has 0 aromatic heterocycles. The molecule has 15 heavy (non-hydrogen) atoms. The van der Waals surface area contributed by atoms with Gasteiger partial charge in [-0.15, -0.1) is 0 Å². The summed E-state index contributed by atoms with van der Waals surface area (Å²) in [5, 5.41) is 3.08. The summed E-state index contributed by atoms with van der Waals surface area (Å²) in [5.74, 6) is 0.455. The topological polar surface area (TPSA) is 32.3 Å². The Morgan fingerprint density at radius 2 is 1.93 bits per heavy atom. The molecule has 0 aliphatic carbocycles. The molecule has 3 heteroatoms. The number of hydrogen-bond acceptors (Lipinski definition) is 2. The maximum absolute atomic E-state index is 12.1. The molecule has 0 saturated heterocycles. The Hall–Kier alpha value is -0.570. The average Bonchev–Trinajstić information content (AvgIpc) is 2.18. The second kappa shape index (κ2) is 7.69. The summed E-state index contributed by atoms with van der Waals surface area (Å²) in [5.41, 5.74) is 0. The van der Waals surface area contributed by atoms with Gasteiger partial charge in [0, 0.05) is 25.0 Å². The van der Waals surface area contributed by atoms with Crippen molar-refractivity contribution in [1.29, 1.82) is 0 Å². The van der Waals surface area contributed by atoms with E-state index in [1.807, 2.05) is 18.9 Å². The van der Waals surface area contributed by atoms with E-state index in [0.717, 1.165) is 25.9 Å². The SMILES string of the molecule is CCCC(C)C(=O)N(CCNC)C(C)C. The minimum Gasteiger partial charge on any atom is -0.339 e. The van der Waals surface area contributed by atoms with Crippen molar-refractivity contribution in [3.8, 4) is 0 Å². The van der Waals surface area contributed by atoms with E-state index in [4.69, 9.17) is 0 Å². The lowest BCUT2D eigenvalue weighted by molar-refractivity contribution is -0.136. The molecule has 0 fully saturated rings. The highest BCUT2D eigenvalue weighted by molar-refractivity contribution is 5.78. The van der Waals surface area contributed by atoms with Crippen molar-refractivity contribution in [2.45, 2.75) is 46.6 Å². The first kappa shape index (κ1) is 14.4. The zero-order valence-electron chi connectivity index (χ0n) is 10.8. The van der Waals surface area contributed by atoms with Crippen molar-refractivity contribution in [3.05, 3.63) is 0 Å². The molecule has 1 atom stereocenters. The lowest BCUT2D eigenvalue weighted by atomic mass is 10.0. The van der Waals surface area contributed by atoms with Gasteiger partial charge in [0.15, 0.2) is 0 Å². The first-order valence-corrected chi connectivity index (χ1v) is 5.99. The molecule has 1 amide bonds. The van der Waals surface area contributed by atoms with Crippen LogP contribution >= 0.6 is 0 Å². The van der Waals surface area contributed by atoms with Gasteiger partial charge in [-0.2, -0.15) is 0 Å². The van der Waals surface area contributed by atoms with Crippen molar-refractivity contribution in [2.24, 2.45) is 5.92 Å². The molecule has 90 valence electrons. The van der Waals surface area contributed by atoms with Crippen LogP contribution in [0.25, 0.3) is 0 Å². The van der Waals surface area contributed by atoms with E-state index in [1.54, 1.807) is 0 Å². The normalized spacial score (nSPS) is 12.9. The Balaban J connectivity index is 4.27. The second-order valence-electron chi connectivity index (χ2n) is 4.42. The third kappa shape index (κ3) is 5.17. The monoisotopic (exact) mass is 214 g/mol. The fourth-order valence-electron chi connectivity index (χ4n) is 1.69. The van der Waals surface area contributed by atoms with Gasteiger partial charge in [-0.05, 0) is 27.3 Å². The highest BCUT2D eigenvalue weighted by atomic mass is 16.2. The second-order valence-corrected chi connectivity index (χ2v) is 4.42. The van der Waals surface area contributed by atoms with E-state index in [1.165, 1.54) is 0 Å². The molecule has 0 aromatic rings. The molecule has 0 saturated carbocycles. The quantitative estimate of drug-likeness (QED) is 0.702. The largest absolute Gasteiger partial charge is 0.339 e. The van der Waals surface area contributed by atoms with E-state index < -0.39 is 0 Å². The van der Waals surface area contributed by atoms with Crippen LogP contribution in [0.4, 0.5) is 0 Å². The molecule has 0 rings (SSSR count). The van der Waals surface area contributed by atoms with Gasteiger partial charge in [0.2, 0.25) is 5.91 Å². The molecule has 0 radical (unpaired) electrons. The number of carbonyl (C=O) groups excluding carboxylic acids is 1. The van der Waals surface area contributed by atoms with Crippen LogP contribution in [-0.2, 0) is 4.79 Å². The van der Waals surface area contributed by atoms with Crippen molar-refractivity contribution >= 4 is 5.91 Å². The third-order valence-corrected chi connectivity index (χ3v) is 2.65. The molecule has 0 aliphatic heterocycles. The predicted octanol–water partition coefficient (Wildman–Crippen LogP) is 1.88. The lowest BCUT2D eigenvalue weighted by Gasteiger charge is -2.29. The van der Waals surface area contributed by atoms with Crippen LogP contribution in [0.15, 0.2) is 0 Å². The van der Waals surface area contributed by atoms with Gasteiger partial charge in [-0.25, -0.2) is 0 Å². The summed E-state index contributed by atoms with van der Waals surface area (Å²) in [6.45, 7) is 9.97. The van der Waals surface area contributed by atoms with Crippen LogP contribution in [0, 0.1) is 5.92 Å². The van der Waals surface area contributed by atoms with Gasteiger partial charge in [0.25, 0.3) is 0 Å². The first-order chi connectivity index (χ1) is 7.04. The average molecular weight is 214 g/mol. The van der Waals surface area contributed by atoms with Crippen molar-refractivity contribution in [1.82, 2.24) is 10.2 Å². The minimum absolute atomic E-state index is 0.161. The van der Waals surface area contributed by atoms with E-state index >= 15 is 0 Å². The zero-order chi connectivity index (χ0) is 11.8. The van der Waals surface area contributed by atoms with Crippen LogP contribution in [0.2, 0.25) is 0 Å². The molecule has 1 N–H and O–H groups in total. The first-order valence-electron chi connectivity index (χ1n) is 5.99. The van der Waals surface area contributed by atoms with E-state index in [0.29, 0.717) is 11.9 Å². The van der Waals surface area contributed by atoms with Crippen LogP contribution in [0.3, 0.4) is 0 Å². The van der Waals surface area contributed by atoms with Crippen LogP contribution < -0.4 is 5.32 Å². The highest BCUT2D eigenvalue weighted by Gasteiger charge is 2.21. The molecule has 0 aromatic carbocycles. The Morgan fingerprint density at radius 1 is 1.33 bits per heavy atom. The Morgan fingerprint density at radius 3 is 2.33 bits per heavy atom. The maximum Gasteiger partial charge on any atom is 0.225 e. The molecule has 0 bridgehead atoms. The fraction of sp³-hybridized carbons (Fsp3) is 0.917. The number of hydrogen-bond donors (Lipinski definition) is 1. The molecular formula is C12H26N2O. The molecule has 3 nitrogen and oxygen atoms in total. The fourth-order valence-corrected chi connectivity index (χ4v) is 1.69. The van der Waals surface area contributed by atoms with Crippen molar-refractivity contribution < 1.29 is 4.79 Å².